The van der Waals surface area contributed by atoms with Crippen LogP contribution in [0.4, 0.5) is 0 Å². The average molecular weight is 270 g/mol. The number of carbonyl (C=O) groups excluding carboxylic acids is 1. The summed E-state index contributed by atoms with van der Waals surface area (Å²) in [4.78, 5) is 23.2. The molecule has 0 bridgehead atoms. The monoisotopic (exact) mass is 270 g/mol. The van der Waals surface area contributed by atoms with Crippen molar-refractivity contribution in [3.05, 3.63) is 65.7 Å². The Morgan fingerprint density at radius 1 is 1.00 bits per heavy atom. The summed E-state index contributed by atoms with van der Waals surface area (Å²) in [5.41, 5.74) is 0.887. The molecule has 4 heteroatoms. The van der Waals surface area contributed by atoms with E-state index >= 15 is 0 Å². The van der Waals surface area contributed by atoms with Gasteiger partial charge in [-0.2, -0.15) is 0 Å². The fourth-order valence-electron chi connectivity index (χ4n) is 1.74. The molecule has 0 unspecified atom stereocenters. The molecule has 0 fully saturated rings. The Bertz CT molecular complexity index is 619. The van der Waals surface area contributed by atoms with Gasteiger partial charge in [-0.25, -0.2) is 4.79 Å². The van der Waals surface area contributed by atoms with Crippen LogP contribution in [0, 0.1) is 0 Å². The summed E-state index contributed by atoms with van der Waals surface area (Å²) in [6.45, 7) is 1.42. The fraction of sp³-hybridized carbons (Fsp3) is 0.125. The Hall–Kier alpha value is -2.62. The SMILES string of the molecule is C[C@@H](Oc1ccccc1C(=O)c1ccccc1)C(=O)O. The van der Waals surface area contributed by atoms with E-state index in [0.717, 1.165) is 0 Å². The van der Waals surface area contributed by atoms with Crippen molar-refractivity contribution < 1.29 is 19.4 Å². The number of hydrogen-bond acceptors (Lipinski definition) is 3. The van der Waals surface area contributed by atoms with E-state index in [9.17, 15) is 9.59 Å². The highest BCUT2D eigenvalue weighted by atomic mass is 16.5. The zero-order valence-corrected chi connectivity index (χ0v) is 10.9. The highest BCUT2D eigenvalue weighted by molar-refractivity contribution is 6.10. The number of para-hydroxylation sites is 1. The Kier molecular flexibility index (Phi) is 4.15. The first kappa shape index (κ1) is 13.8. The minimum atomic E-state index is -1.08. The molecular formula is C16H14O4. The minimum Gasteiger partial charge on any atom is -0.479 e. The average Bonchev–Trinajstić information content (AvgIpc) is 2.48. The molecule has 0 aliphatic rings. The molecule has 1 atom stereocenters. The molecule has 0 aromatic heterocycles. The van der Waals surface area contributed by atoms with Gasteiger partial charge in [0.1, 0.15) is 5.75 Å². The quantitative estimate of drug-likeness (QED) is 0.848. The first-order valence-corrected chi connectivity index (χ1v) is 6.18. The topological polar surface area (TPSA) is 63.6 Å². The Labute approximate surface area is 116 Å². The van der Waals surface area contributed by atoms with Crippen molar-refractivity contribution in [3.8, 4) is 5.75 Å². The third-order valence-corrected chi connectivity index (χ3v) is 2.82. The van der Waals surface area contributed by atoms with Crippen molar-refractivity contribution in [3.63, 3.8) is 0 Å². The summed E-state index contributed by atoms with van der Waals surface area (Å²) < 4.78 is 5.33. The molecular weight excluding hydrogens is 256 g/mol. The van der Waals surface area contributed by atoms with Crippen molar-refractivity contribution in [1.29, 1.82) is 0 Å². The molecule has 20 heavy (non-hydrogen) atoms. The van der Waals surface area contributed by atoms with Gasteiger partial charge in [-0.15, -0.1) is 0 Å². The van der Waals surface area contributed by atoms with Crippen LogP contribution in [0.1, 0.15) is 22.8 Å². The smallest absolute Gasteiger partial charge is 0.344 e. The van der Waals surface area contributed by atoms with Crippen LogP contribution in [-0.2, 0) is 4.79 Å². The number of ether oxygens (including phenoxy) is 1. The number of hydrogen-bond donors (Lipinski definition) is 1. The van der Waals surface area contributed by atoms with Gasteiger partial charge >= 0.3 is 5.97 Å². The summed E-state index contributed by atoms with van der Waals surface area (Å²) in [5, 5.41) is 8.88. The van der Waals surface area contributed by atoms with Gasteiger partial charge in [-0.3, -0.25) is 4.79 Å². The van der Waals surface area contributed by atoms with Crippen molar-refractivity contribution in [2.75, 3.05) is 0 Å². The Morgan fingerprint density at radius 3 is 2.25 bits per heavy atom. The van der Waals surface area contributed by atoms with Gasteiger partial charge in [0.05, 0.1) is 5.56 Å². The maximum Gasteiger partial charge on any atom is 0.344 e. The maximum atomic E-state index is 12.4. The molecule has 4 nitrogen and oxygen atoms in total. The van der Waals surface area contributed by atoms with Crippen LogP contribution in [-0.4, -0.2) is 23.0 Å². The van der Waals surface area contributed by atoms with Crippen molar-refractivity contribution in [2.45, 2.75) is 13.0 Å². The lowest BCUT2D eigenvalue weighted by molar-refractivity contribution is -0.144. The summed E-state index contributed by atoms with van der Waals surface area (Å²) in [6, 6.07) is 15.4. The van der Waals surface area contributed by atoms with Crippen LogP contribution in [0.25, 0.3) is 0 Å². The molecule has 0 radical (unpaired) electrons. The van der Waals surface area contributed by atoms with Gasteiger partial charge in [0.25, 0.3) is 0 Å². The number of ketones is 1. The molecule has 0 saturated carbocycles. The molecule has 0 spiro atoms. The maximum absolute atomic E-state index is 12.4. The molecule has 0 amide bonds. The number of carbonyl (C=O) groups is 2. The van der Waals surface area contributed by atoms with E-state index in [0.29, 0.717) is 11.1 Å². The molecule has 0 aliphatic heterocycles. The number of carboxylic acid groups (broad SMARTS) is 1. The summed E-state index contributed by atoms with van der Waals surface area (Å²) >= 11 is 0. The molecule has 2 rings (SSSR count). The number of rotatable bonds is 5. The van der Waals surface area contributed by atoms with E-state index in [2.05, 4.69) is 0 Å². The number of carboxylic acids is 1. The van der Waals surface area contributed by atoms with Crippen molar-refractivity contribution in [1.82, 2.24) is 0 Å². The molecule has 102 valence electrons. The van der Waals surface area contributed by atoms with Gasteiger partial charge < -0.3 is 9.84 Å². The van der Waals surface area contributed by atoms with E-state index in [1.807, 2.05) is 6.07 Å². The minimum absolute atomic E-state index is 0.196. The van der Waals surface area contributed by atoms with Crippen molar-refractivity contribution >= 4 is 11.8 Å². The second-order valence-electron chi connectivity index (χ2n) is 4.29. The highest BCUT2D eigenvalue weighted by Gasteiger charge is 2.18. The van der Waals surface area contributed by atoms with E-state index in [4.69, 9.17) is 9.84 Å². The lowest BCUT2D eigenvalue weighted by atomic mass is 10.0. The zero-order valence-electron chi connectivity index (χ0n) is 10.9. The van der Waals surface area contributed by atoms with E-state index < -0.39 is 12.1 Å². The van der Waals surface area contributed by atoms with Gasteiger partial charge in [0.15, 0.2) is 11.9 Å². The van der Waals surface area contributed by atoms with Gasteiger partial charge in [0, 0.05) is 5.56 Å². The predicted molar refractivity (Wildman–Crippen MR) is 74.0 cm³/mol. The third-order valence-electron chi connectivity index (χ3n) is 2.82. The Morgan fingerprint density at radius 2 is 1.60 bits per heavy atom. The number of aliphatic carboxylic acids is 1. The third kappa shape index (κ3) is 3.03. The molecule has 0 heterocycles. The second-order valence-corrected chi connectivity index (χ2v) is 4.29. The normalized spacial score (nSPS) is 11.7. The van der Waals surface area contributed by atoms with Crippen LogP contribution < -0.4 is 4.74 Å². The van der Waals surface area contributed by atoms with Gasteiger partial charge in [-0.05, 0) is 19.1 Å². The van der Waals surface area contributed by atoms with E-state index in [-0.39, 0.29) is 11.5 Å². The van der Waals surface area contributed by atoms with Gasteiger partial charge in [0.2, 0.25) is 0 Å². The van der Waals surface area contributed by atoms with Crippen molar-refractivity contribution in [2.24, 2.45) is 0 Å². The summed E-state index contributed by atoms with van der Waals surface area (Å²) in [6.07, 6.45) is -1.01. The van der Waals surface area contributed by atoms with E-state index in [1.54, 1.807) is 48.5 Å². The Balaban J connectivity index is 2.33. The van der Waals surface area contributed by atoms with Crippen LogP contribution in [0.15, 0.2) is 54.6 Å². The molecule has 1 N–H and O–H groups in total. The molecule has 2 aromatic carbocycles. The standard InChI is InChI=1S/C16H14O4/c1-11(16(18)19)20-14-10-6-5-9-13(14)15(17)12-7-3-2-4-8-12/h2-11H,1H3,(H,18,19)/t11-/m1/s1. The summed E-state index contributed by atoms with van der Waals surface area (Å²) in [7, 11) is 0. The largest absolute Gasteiger partial charge is 0.479 e. The van der Waals surface area contributed by atoms with Crippen LogP contribution >= 0.6 is 0 Å². The van der Waals surface area contributed by atoms with Crippen LogP contribution in [0.5, 0.6) is 5.75 Å². The van der Waals surface area contributed by atoms with E-state index in [1.165, 1.54) is 6.92 Å². The molecule has 0 aliphatic carbocycles. The first-order chi connectivity index (χ1) is 9.59. The van der Waals surface area contributed by atoms with Crippen LogP contribution in [0.3, 0.4) is 0 Å². The zero-order chi connectivity index (χ0) is 14.5. The lowest BCUT2D eigenvalue weighted by Crippen LogP contribution is -2.23. The van der Waals surface area contributed by atoms with Gasteiger partial charge in [-0.1, -0.05) is 42.5 Å². The predicted octanol–water partition coefficient (Wildman–Crippen LogP) is 2.77. The molecule has 2 aromatic rings. The lowest BCUT2D eigenvalue weighted by Gasteiger charge is -2.13. The number of benzene rings is 2. The fourth-order valence-corrected chi connectivity index (χ4v) is 1.74. The van der Waals surface area contributed by atoms with Crippen LogP contribution in [0.2, 0.25) is 0 Å². The highest BCUT2D eigenvalue weighted by Crippen LogP contribution is 2.22. The summed E-state index contributed by atoms with van der Waals surface area (Å²) in [5.74, 6) is -0.998. The second kappa shape index (κ2) is 6.02. The molecule has 0 saturated heterocycles. The first-order valence-electron chi connectivity index (χ1n) is 6.18.